The summed E-state index contributed by atoms with van der Waals surface area (Å²) in [7, 11) is 0. The van der Waals surface area contributed by atoms with Crippen molar-refractivity contribution < 1.29 is 4.79 Å². The van der Waals surface area contributed by atoms with Crippen LogP contribution >= 0.6 is 11.3 Å². The highest BCUT2D eigenvalue weighted by molar-refractivity contribution is 7.15. The Morgan fingerprint density at radius 2 is 2.40 bits per heavy atom. The van der Waals surface area contributed by atoms with Gasteiger partial charge < -0.3 is 4.98 Å². The monoisotopic (exact) mass is 289 g/mol. The molecule has 0 saturated carbocycles. The number of anilines is 1. The summed E-state index contributed by atoms with van der Waals surface area (Å²) in [4.78, 5) is 31.8. The van der Waals surface area contributed by atoms with Crippen LogP contribution in [0.25, 0.3) is 0 Å². The van der Waals surface area contributed by atoms with E-state index in [2.05, 4.69) is 22.2 Å². The molecular weight excluding hydrogens is 274 g/mol. The predicted molar refractivity (Wildman–Crippen MR) is 78.3 cm³/mol. The van der Waals surface area contributed by atoms with Crippen LogP contribution in [0.5, 0.6) is 0 Å². The highest BCUT2D eigenvalue weighted by Gasteiger charge is 2.21. The largest absolute Gasteiger partial charge is 0.328 e. The molecule has 1 amide bonds. The number of H-pyrrole nitrogens is 1. The molecule has 2 aromatic rings. The number of hydrogen-bond donors (Lipinski definition) is 2. The Hall–Kier alpha value is -1.95. The Bertz CT molecular complexity index is 704. The first-order valence-electron chi connectivity index (χ1n) is 6.61. The topological polar surface area (TPSA) is 74.8 Å². The van der Waals surface area contributed by atoms with E-state index in [4.69, 9.17) is 0 Å². The van der Waals surface area contributed by atoms with Gasteiger partial charge in [0.1, 0.15) is 5.56 Å². The second kappa shape index (κ2) is 5.20. The number of thiazole rings is 1. The van der Waals surface area contributed by atoms with Gasteiger partial charge in [0.15, 0.2) is 5.13 Å². The Morgan fingerprint density at radius 1 is 1.55 bits per heavy atom. The van der Waals surface area contributed by atoms with Crippen molar-refractivity contribution in [3.8, 4) is 0 Å². The summed E-state index contributed by atoms with van der Waals surface area (Å²) in [5.74, 6) is 0.259. The molecule has 0 aromatic carbocycles. The van der Waals surface area contributed by atoms with Gasteiger partial charge in [0.25, 0.3) is 11.5 Å². The smallest absolute Gasteiger partial charge is 0.263 e. The van der Waals surface area contributed by atoms with E-state index >= 15 is 0 Å². The van der Waals surface area contributed by atoms with Gasteiger partial charge in [0, 0.05) is 11.1 Å². The first kappa shape index (κ1) is 13.1. The molecule has 5 nitrogen and oxygen atoms in total. The predicted octanol–water partition coefficient (Wildman–Crippen LogP) is 2.21. The minimum absolute atomic E-state index is 0.106. The van der Waals surface area contributed by atoms with Crippen LogP contribution in [-0.2, 0) is 12.8 Å². The van der Waals surface area contributed by atoms with E-state index < -0.39 is 5.91 Å². The van der Waals surface area contributed by atoms with Gasteiger partial charge in [0.2, 0.25) is 0 Å². The van der Waals surface area contributed by atoms with Crippen molar-refractivity contribution >= 4 is 22.4 Å². The van der Waals surface area contributed by atoms with E-state index in [0.717, 1.165) is 25.0 Å². The van der Waals surface area contributed by atoms with E-state index in [1.165, 1.54) is 28.5 Å². The Kier molecular flexibility index (Phi) is 3.40. The number of carbonyl (C=O) groups is 1. The maximum Gasteiger partial charge on any atom is 0.263 e. The fourth-order valence-corrected chi connectivity index (χ4v) is 3.52. The standard InChI is InChI=1S/C14H15N3O2S/c1-8-4-5-10-11(7-8)20-14(16-10)17-13(19)9-3-2-6-15-12(9)18/h2-3,6,8H,4-5,7H2,1H3,(H,15,18)(H,16,17,19). The van der Waals surface area contributed by atoms with Crippen LogP contribution in [0, 0.1) is 5.92 Å². The van der Waals surface area contributed by atoms with Gasteiger partial charge in [-0.15, -0.1) is 11.3 Å². The van der Waals surface area contributed by atoms with Crippen molar-refractivity contribution in [2.24, 2.45) is 5.92 Å². The fourth-order valence-electron chi connectivity index (χ4n) is 2.36. The van der Waals surface area contributed by atoms with Gasteiger partial charge in [-0.3, -0.25) is 14.9 Å². The molecule has 0 radical (unpaired) electrons. The van der Waals surface area contributed by atoms with Crippen molar-refractivity contribution in [2.75, 3.05) is 5.32 Å². The van der Waals surface area contributed by atoms with Crippen molar-refractivity contribution in [3.63, 3.8) is 0 Å². The number of nitrogens with zero attached hydrogens (tertiary/aromatic N) is 1. The zero-order valence-electron chi connectivity index (χ0n) is 11.1. The van der Waals surface area contributed by atoms with Crippen molar-refractivity contribution in [1.29, 1.82) is 0 Å². The van der Waals surface area contributed by atoms with Gasteiger partial charge in [-0.2, -0.15) is 0 Å². The minimum atomic E-state index is -0.411. The van der Waals surface area contributed by atoms with E-state index in [9.17, 15) is 9.59 Å². The molecule has 1 aliphatic carbocycles. The van der Waals surface area contributed by atoms with Crippen LogP contribution in [0.15, 0.2) is 23.1 Å². The Balaban J connectivity index is 1.80. The number of amides is 1. The molecule has 0 saturated heterocycles. The summed E-state index contributed by atoms with van der Waals surface area (Å²) < 4.78 is 0. The molecular formula is C14H15N3O2S. The van der Waals surface area contributed by atoms with E-state index in [-0.39, 0.29) is 11.1 Å². The summed E-state index contributed by atoms with van der Waals surface area (Å²) in [5, 5.41) is 3.30. The summed E-state index contributed by atoms with van der Waals surface area (Å²) in [6.07, 6.45) is 4.63. The number of rotatable bonds is 2. The maximum absolute atomic E-state index is 12.0. The number of carbonyl (C=O) groups excluding carboxylic acids is 1. The van der Waals surface area contributed by atoms with Crippen LogP contribution in [-0.4, -0.2) is 15.9 Å². The second-order valence-electron chi connectivity index (χ2n) is 5.10. The third kappa shape index (κ3) is 2.51. The van der Waals surface area contributed by atoms with Gasteiger partial charge in [-0.1, -0.05) is 6.92 Å². The first-order chi connectivity index (χ1) is 9.63. The lowest BCUT2D eigenvalue weighted by Crippen LogP contribution is -2.22. The Morgan fingerprint density at radius 3 is 3.20 bits per heavy atom. The lowest BCUT2D eigenvalue weighted by atomic mass is 9.93. The molecule has 0 spiro atoms. The van der Waals surface area contributed by atoms with Crippen LogP contribution in [0.1, 0.15) is 34.3 Å². The Labute approximate surface area is 120 Å². The van der Waals surface area contributed by atoms with Crippen molar-refractivity contribution in [2.45, 2.75) is 26.2 Å². The second-order valence-corrected chi connectivity index (χ2v) is 6.19. The number of nitrogens with one attached hydrogen (secondary N) is 2. The summed E-state index contributed by atoms with van der Waals surface area (Å²) in [6.45, 7) is 2.23. The first-order valence-corrected chi connectivity index (χ1v) is 7.43. The average molecular weight is 289 g/mol. The van der Waals surface area contributed by atoms with Crippen LogP contribution in [0.4, 0.5) is 5.13 Å². The number of aromatic nitrogens is 2. The molecule has 1 aliphatic rings. The SMILES string of the molecule is CC1CCc2nc(NC(=O)c3ccc[nH]c3=O)sc2C1. The van der Waals surface area contributed by atoms with Gasteiger partial charge >= 0.3 is 0 Å². The van der Waals surface area contributed by atoms with Gasteiger partial charge in [-0.05, 0) is 37.3 Å². The quantitative estimate of drug-likeness (QED) is 0.890. The molecule has 6 heteroatoms. The molecule has 0 fully saturated rings. The number of aryl methyl sites for hydroxylation is 1. The summed E-state index contributed by atoms with van der Waals surface area (Å²) in [5.41, 5.74) is 0.805. The molecule has 0 aliphatic heterocycles. The molecule has 3 rings (SSSR count). The molecule has 20 heavy (non-hydrogen) atoms. The van der Waals surface area contributed by atoms with Crippen molar-refractivity contribution in [1.82, 2.24) is 9.97 Å². The third-order valence-electron chi connectivity index (χ3n) is 3.47. The molecule has 104 valence electrons. The van der Waals surface area contributed by atoms with E-state index in [1.807, 2.05) is 0 Å². The molecule has 2 N–H and O–H groups in total. The summed E-state index contributed by atoms with van der Waals surface area (Å²) >= 11 is 1.51. The van der Waals surface area contributed by atoms with Crippen LogP contribution in [0.3, 0.4) is 0 Å². The van der Waals surface area contributed by atoms with Crippen LogP contribution < -0.4 is 10.9 Å². The molecule has 1 atom stereocenters. The highest BCUT2D eigenvalue weighted by Crippen LogP contribution is 2.32. The van der Waals surface area contributed by atoms with Crippen molar-refractivity contribution in [3.05, 3.63) is 44.8 Å². The van der Waals surface area contributed by atoms with Gasteiger partial charge in [0.05, 0.1) is 5.69 Å². The molecule has 1 unspecified atom stereocenters. The molecule has 2 heterocycles. The van der Waals surface area contributed by atoms with Gasteiger partial charge in [-0.25, -0.2) is 4.98 Å². The lowest BCUT2D eigenvalue weighted by molar-refractivity contribution is 0.102. The summed E-state index contributed by atoms with van der Waals surface area (Å²) in [6, 6.07) is 3.13. The normalized spacial score (nSPS) is 17.6. The van der Waals surface area contributed by atoms with E-state index in [1.54, 1.807) is 6.07 Å². The zero-order valence-corrected chi connectivity index (χ0v) is 11.9. The third-order valence-corrected chi connectivity index (χ3v) is 4.50. The molecule has 0 bridgehead atoms. The minimum Gasteiger partial charge on any atom is -0.328 e. The number of pyridine rings is 1. The fraction of sp³-hybridized carbons (Fsp3) is 0.357. The van der Waals surface area contributed by atoms with E-state index in [0.29, 0.717) is 11.0 Å². The number of hydrogen-bond acceptors (Lipinski definition) is 4. The maximum atomic E-state index is 12.0. The average Bonchev–Trinajstić information content (AvgIpc) is 2.80. The highest BCUT2D eigenvalue weighted by atomic mass is 32.1. The lowest BCUT2D eigenvalue weighted by Gasteiger charge is -2.15. The number of aromatic amines is 1. The van der Waals surface area contributed by atoms with Crippen LogP contribution in [0.2, 0.25) is 0 Å². The zero-order chi connectivity index (χ0) is 14.1. The molecule has 2 aromatic heterocycles. The number of fused-ring (bicyclic) bond motifs is 1.